The van der Waals surface area contributed by atoms with Gasteiger partial charge in [-0.1, -0.05) is 0 Å². The van der Waals surface area contributed by atoms with Gasteiger partial charge >= 0.3 is 5.97 Å². The summed E-state index contributed by atoms with van der Waals surface area (Å²) >= 11 is 2.03. The number of thioether (sulfide) groups is 1. The molecule has 0 spiro atoms. The van der Waals surface area contributed by atoms with Gasteiger partial charge in [0.2, 0.25) is 0 Å². The van der Waals surface area contributed by atoms with E-state index in [1.165, 1.54) is 30.9 Å². The molecule has 0 bridgehead atoms. The van der Waals surface area contributed by atoms with E-state index in [0.717, 1.165) is 19.0 Å². The third-order valence-electron chi connectivity index (χ3n) is 3.44. The van der Waals surface area contributed by atoms with Crippen molar-refractivity contribution in [3.63, 3.8) is 0 Å². The molecule has 0 aromatic heterocycles. The van der Waals surface area contributed by atoms with Crippen LogP contribution in [0.1, 0.15) is 25.7 Å². The smallest absolute Gasteiger partial charge is 0.303 e. The predicted octanol–water partition coefficient (Wildman–Crippen LogP) is 1.68. The molecule has 3 nitrogen and oxygen atoms in total. The molecule has 2 rings (SSSR count). The lowest BCUT2D eigenvalue weighted by Gasteiger charge is -2.36. The van der Waals surface area contributed by atoms with Crippen LogP contribution in [0.4, 0.5) is 0 Å². The summed E-state index contributed by atoms with van der Waals surface area (Å²) in [6.07, 6.45) is 3.93. The minimum atomic E-state index is -0.636. The predicted molar refractivity (Wildman–Crippen MR) is 62.3 cm³/mol. The normalized spacial score (nSPS) is 33.1. The topological polar surface area (TPSA) is 40.5 Å². The Morgan fingerprint density at radius 1 is 1.47 bits per heavy atom. The molecule has 4 heteroatoms. The molecule has 2 fully saturated rings. The van der Waals surface area contributed by atoms with Crippen LogP contribution < -0.4 is 0 Å². The number of likely N-dealkylation sites (tertiary alicyclic amines) is 1. The molecule has 2 atom stereocenters. The first kappa shape index (κ1) is 11.3. The first-order valence-electron chi connectivity index (χ1n) is 5.79. The van der Waals surface area contributed by atoms with Crippen LogP contribution in [0.2, 0.25) is 0 Å². The van der Waals surface area contributed by atoms with Crippen LogP contribution in [0, 0.1) is 5.92 Å². The van der Waals surface area contributed by atoms with Crippen molar-refractivity contribution in [2.75, 3.05) is 24.6 Å². The van der Waals surface area contributed by atoms with Gasteiger partial charge < -0.3 is 5.11 Å². The SMILES string of the molecule is O=C(O)CC1CCCN(C2CCSC2)C1. The Hall–Kier alpha value is -0.220. The van der Waals surface area contributed by atoms with Gasteiger partial charge in [-0.05, 0) is 37.5 Å². The number of nitrogens with zero attached hydrogens (tertiary/aromatic N) is 1. The second kappa shape index (κ2) is 5.21. The first-order chi connectivity index (χ1) is 7.25. The molecule has 2 saturated heterocycles. The summed E-state index contributed by atoms with van der Waals surface area (Å²) in [4.78, 5) is 13.2. The number of rotatable bonds is 3. The van der Waals surface area contributed by atoms with Gasteiger partial charge in [0.1, 0.15) is 0 Å². The summed E-state index contributed by atoms with van der Waals surface area (Å²) in [5.41, 5.74) is 0. The van der Waals surface area contributed by atoms with Crippen molar-refractivity contribution in [2.24, 2.45) is 5.92 Å². The van der Waals surface area contributed by atoms with Crippen molar-refractivity contribution in [1.82, 2.24) is 4.90 Å². The average molecular weight is 229 g/mol. The Balaban J connectivity index is 1.83. The molecule has 2 heterocycles. The van der Waals surface area contributed by atoms with Crippen molar-refractivity contribution >= 4 is 17.7 Å². The molecule has 2 aliphatic heterocycles. The lowest BCUT2D eigenvalue weighted by molar-refractivity contribution is -0.138. The van der Waals surface area contributed by atoms with Gasteiger partial charge in [-0.3, -0.25) is 9.69 Å². The first-order valence-corrected chi connectivity index (χ1v) is 6.95. The van der Waals surface area contributed by atoms with Crippen molar-refractivity contribution < 1.29 is 9.90 Å². The molecule has 0 aliphatic carbocycles. The van der Waals surface area contributed by atoms with E-state index < -0.39 is 5.97 Å². The number of carboxylic acids is 1. The van der Waals surface area contributed by atoms with Gasteiger partial charge in [-0.25, -0.2) is 0 Å². The summed E-state index contributed by atoms with van der Waals surface area (Å²) in [6, 6.07) is 0.728. The van der Waals surface area contributed by atoms with E-state index in [4.69, 9.17) is 5.11 Å². The minimum Gasteiger partial charge on any atom is -0.481 e. The molecule has 0 aromatic rings. The molecule has 2 aliphatic rings. The Kier molecular flexibility index (Phi) is 3.92. The fraction of sp³-hybridized carbons (Fsp3) is 0.909. The van der Waals surface area contributed by atoms with E-state index in [-0.39, 0.29) is 0 Å². The van der Waals surface area contributed by atoms with Gasteiger partial charge in [-0.15, -0.1) is 0 Å². The van der Waals surface area contributed by atoms with Crippen LogP contribution in [0.15, 0.2) is 0 Å². The molecular weight excluding hydrogens is 210 g/mol. The highest BCUT2D eigenvalue weighted by atomic mass is 32.2. The highest BCUT2D eigenvalue weighted by Crippen LogP contribution is 2.27. The number of piperidine rings is 1. The van der Waals surface area contributed by atoms with E-state index in [1.807, 2.05) is 11.8 Å². The third kappa shape index (κ3) is 3.11. The molecule has 0 saturated carbocycles. The highest BCUT2D eigenvalue weighted by molar-refractivity contribution is 7.99. The molecule has 86 valence electrons. The lowest BCUT2D eigenvalue weighted by Crippen LogP contribution is -2.43. The Morgan fingerprint density at radius 3 is 3.00 bits per heavy atom. The van der Waals surface area contributed by atoms with Crippen molar-refractivity contribution in [3.05, 3.63) is 0 Å². The molecule has 0 aromatic carbocycles. The quantitative estimate of drug-likeness (QED) is 0.799. The monoisotopic (exact) mass is 229 g/mol. The zero-order chi connectivity index (χ0) is 10.7. The molecule has 0 amide bonds. The number of hydrogen-bond donors (Lipinski definition) is 1. The third-order valence-corrected chi connectivity index (χ3v) is 4.58. The van der Waals surface area contributed by atoms with E-state index >= 15 is 0 Å². The molecular formula is C11H19NO2S. The average Bonchev–Trinajstić information content (AvgIpc) is 2.69. The fourth-order valence-electron chi connectivity index (χ4n) is 2.65. The maximum atomic E-state index is 10.7. The number of carbonyl (C=O) groups is 1. The Labute approximate surface area is 95.2 Å². The van der Waals surface area contributed by atoms with E-state index in [9.17, 15) is 4.79 Å². The van der Waals surface area contributed by atoms with Crippen molar-refractivity contribution in [3.8, 4) is 0 Å². The Bertz CT molecular complexity index is 229. The molecule has 2 unspecified atom stereocenters. The fourth-order valence-corrected chi connectivity index (χ4v) is 3.91. The zero-order valence-corrected chi connectivity index (χ0v) is 9.84. The summed E-state index contributed by atoms with van der Waals surface area (Å²) < 4.78 is 0. The van der Waals surface area contributed by atoms with Crippen LogP contribution >= 0.6 is 11.8 Å². The second-order valence-electron chi connectivity index (χ2n) is 4.62. The van der Waals surface area contributed by atoms with Gasteiger partial charge in [0.25, 0.3) is 0 Å². The van der Waals surface area contributed by atoms with Gasteiger partial charge in [0.15, 0.2) is 0 Å². The largest absolute Gasteiger partial charge is 0.481 e. The standard InChI is InChI=1S/C11H19NO2S/c13-11(14)6-9-2-1-4-12(7-9)10-3-5-15-8-10/h9-10H,1-8H2,(H,13,14). The summed E-state index contributed by atoms with van der Waals surface area (Å²) in [5.74, 6) is 2.29. The maximum Gasteiger partial charge on any atom is 0.303 e. The zero-order valence-electron chi connectivity index (χ0n) is 9.02. The van der Waals surface area contributed by atoms with Crippen LogP contribution in [-0.4, -0.2) is 46.6 Å². The lowest BCUT2D eigenvalue weighted by atomic mass is 9.93. The van der Waals surface area contributed by atoms with Crippen LogP contribution in [0.25, 0.3) is 0 Å². The van der Waals surface area contributed by atoms with Gasteiger partial charge in [0.05, 0.1) is 0 Å². The van der Waals surface area contributed by atoms with E-state index in [0.29, 0.717) is 12.3 Å². The molecule has 1 N–H and O–H groups in total. The summed E-state index contributed by atoms with van der Waals surface area (Å²) in [5, 5.41) is 8.79. The van der Waals surface area contributed by atoms with Crippen LogP contribution in [0.3, 0.4) is 0 Å². The number of hydrogen-bond acceptors (Lipinski definition) is 3. The Morgan fingerprint density at radius 2 is 2.33 bits per heavy atom. The van der Waals surface area contributed by atoms with Crippen molar-refractivity contribution in [1.29, 1.82) is 0 Å². The highest BCUT2D eigenvalue weighted by Gasteiger charge is 2.28. The second-order valence-corrected chi connectivity index (χ2v) is 5.77. The maximum absolute atomic E-state index is 10.7. The van der Waals surface area contributed by atoms with Crippen LogP contribution in [-0.2, 0) is 4.79 Å². The van der Waals surface area contributed by atoms with Crippen LogP contribution in [0.5, 0.6) is 0 Å². The van der Waals surface area contributed by atoms with Crippen molar-refractivity contribution in [2.45, 2.75) is 31.7 Å². The number of carboxylic acid groups (broad SMARTS) is 1. The molecule has 0 radical (unpaired) electrons. The van der Waals surface area contributed by atoms with Gasteiger partial charge in [-0.2, -0.15) is 11.8 Å². The van der Waals surface area contributed by atoms with E-state index in [1.54, 1.807) is 0 Å². The van der Waals surface area contributed by atoms with Gasteiger partial charge in [0, 0.05) is 24.8 Å². The summed E-state index contributed by atoms with van der Waals surface area (Å²) in [7, 11) is 0. The summed E-state index contributed by atoms with van der Waals surface area (Å²) in [6.45, 7) is 2.19. The number of aliphatic carboxylic acids is 1. The van der Waals surface area contributed by atoms with E-state index in [2.05, 4.69) is 4.90 Å². The minimum absolute atomic E-state index is 0.358. The molecule has 15 heavy (non-hydrogen) atoms.